The number of benzene rings is 11. The van der Waals surface area contributed by atoms with E-state index in [1.165, 1.54) is 64.7 Å². The van der Waals surface area contributed by atoms with Crippen LogP contribution >= 0.6 is 11.3 Å². The molecule has 2 nitrogen and oxygen atoms in total. The van der Waals surface area contributed by atoms with E-state index in [0.717, 1.165) is 45.3 Å². The quantitative estimate of drug-likeness (QED) is 0.128. The highest BCUT2D eigenvalue weighted by molar-refractivity contribution is 7.25. The van der Waals surface area contributed by atoms with Gasteiger partial charge < -0.3 is 9.80 Å². The molecular weight excluding hydrogens is 853 g/mol. The second-order valence-corrected chi connectivity index (χ2v) is 18.4. The third kappa shape index (κ3) is 8.37. The number of nitrogens with zero attached hydrogens (tertiary/aromatic N) is 2. The van der Waals surface area contributed by atoms with Crippen LogP contribution in [0.4, 0.5) is 34.1 Å². The summed E-state index contributed by atoms with van der Waals surface area (Å²) in [6.07, 6.45) is 0. The molecule has 0 saturated carbocycles. The summed E-state index contributed by atoms with van der Waals surface area (Å²) in [6, 6.07) is 101. The van der Waals surface area contributed by atoms with Gasteiger partial charge in [0.25, 0.3) is 0 Å². The SMILES string of the molecule is c1ccc(-c2ccc(N(c3ccc(-c4ccc5c(c4)sc4ccccc45)cc3)c3cccc(-c4ccccc4N(c4ccc(-c5ccccc5)cc4)c4ccc(-c5ccccc5)cc4)c3)cc2)cc1. The van der Waals surface area contributed by atoms with E-state index in [1.807, 2.05) is 11.3 Å². The third-order valence-corrected chi connectivity index (χ3v) is 14.2. The average Bonchev–Trinajstić information content (AvgIpc) is 3.81. The van der Waals surface area contributed by atoms with Gasteiger partial charge in [-0.1, -0.05) is 200 Å². The monoisotopic (exact) mass is 898 g/mol. The maximum atomic E-state index is 2.39. The molecule has 12 aromatic rings. The fraction of sp³-hybridized carbons (Fsp3) is 0. The Hall–Kier alpha value is -8.76. The number of hydrogen-bond acceptors (Lipinski definition) is 3. The van der Waals surface area contributed by atoms with Crippen LogP contribution in [-0.4, -0.2) is 0 Å². The normalized spacial score (nSPS) is 11.2. The Labute approximate surface area is 407 Å². The van der Waals surface area contributed by atoms with Gasteiger partial charge in [-0.2, -0.15) is 0 Å². The van der Waals surface area contributed by atoms with E-state index in [0.29, 0.717) is 0 Å². The summed E-state index contributed by atoms with van der Waals surface area (Å²) in [7, 11) is 0. The summed E-state index contributed by atoms with van der Waals surface area (Å²) in [4.78, 5) is 4.77. The first-order valence-corrected chi connectivity index (χ1v) is 24.3. The molecule has 0 aliphatic carbocycles. The van der Waals surface area contributed by atoms with Crippen molar-refractivity contribution in [1.29, 1.82) is 0 Å². The largest absolute Gasteiger partial charge is 0.310 e. The van der Waals surface area contributed by atoms with Gasteiger partial charge in [0.05, 0.1) is 5.69 Å². The third-order valence-electron chi connectivity index (χ3n) is 13.1. The highest BCUT2D eigenvalue weighted by atomic mass is 32.1. The summed E-state index contributed by atoms with van der Waals surface area (Å²) >= 11 is 1.86. The molecule has 11 aromatic carbocycles. The molecule has 3 heteroatoms. The van der Waals surface area contributed by atoms with E-state index in [4.69, 9.17) is 0 Å². The summed E-state index contributed by atoms with van der Waals surface area (Å²) in [6.45, 7) is 0. The van der Waals surface area contributed by atoms with E-state index in [1.54, 1.807) is 0 Å². The van der Waals surface area contributed by atoms with Gasteiger partial charge in [0.2, 0.25) is 0 Å². The van der Waals surface area contributed by atoms with E-state index in [9.17, 15) is 0 Å². The average molecular weight is 899 g/mol. The molecule has 69 heavy (non-hydrogen) atoms. The van der Waals surface area contributed by atoms with Crippen LogP contribution in [0.25, 0.3) is 75.8 Å². The Kier molecular flexibility index (Phi) is 11.2. The molecule has 0 saturated heterocycles. The van der Waals surface area contributed by atoms with Gasteiger partial charge in [-0.3, -0.25) is 0 Å². The molecule has 1 aromatic heterocycles. The number of hydrogen-bond donors (Lipinski definition) is 0. The Balaban J connectivity index is 0.948. The van der Waals surface area contributed by atoms with Crippen LogP contribution in [0.2, 0.25) is 0 Å². The first-order chi connectivity index (χ1) is 34.2. The van der Waals surface area contributed by atoms with E-state index in [2.05, 4.69) is 289 Å². The zero-order chi connectivity index (χ0) is 45.9. The van der Waals surface area contributed by atoms with Gasteiger partial charge in [0.15, 0.2) is 0 Å². The smallest absolute Gasteiger partial charge is 0.0540 e. The minimum Gasteiger partial charge on any atom is -0.310 e. The zero-order valence-electron chi connectivity index (χ0n) is 37.9. The number of para-hydroxylation sites is 1. The van der Waals surface area contributed by atoms with Crippen molar-refractivity contribution < 1.29 is 0 Å². The molecule has 0 radical (unpaired) electrons. The van der Waals surface area contributed by atoms with Crippen LogP contribution in [-0.2, 0) is 0 Å². The fourth-order valence-electron chi connectivity index (χ4n) is 9.61. The number of fused-ring (bicyclic) bond motifs is 3. The molecule has 0 amide bonds. The van der Waals surface area contributed by atoms with Crippen molar-refractivity contribution in [2.45, 2.75) is 0 Å². The predicted octanol–water partition coefficient (Wildman–Crippen LogP) is 19.3. The van der Waals surface area contributed by atoms with Gasteiger partial charge in [0, 0.05) is 54.2 Å². The molecule has 0 unspecified atom stereocenters. The summed E-state index contributed by atoms with van der Waals surface area (Å²) in [5, 5.41) is 2.63. The molecular formula is C66H46N2S. The van der Waals surface area contributed by atoms with Gasteiger partial charge >= 0.3 is 0 Å². The summed E-state index contributed by atoms with van der Waals surface area (Å²) < 4.78 is 2.63. The molecule has 326 valence electrons. The van der Waals surface area contributed by atoms with E-state index >= 15 is 0 Å². The Morgan fingerprint density at radius 1 is 0.217 bits per heavy atom. The van der Waals surface area contributed by atoms with Crippen molar-refractivity contribution in [2.24, 2.45) is 0 Å². The highest BCUT2D eigenvalue weighted by Crippen LogP contribution is 2.45. The van der Waals surface area contributed by atoms with Gasteiger partial charge in [0.1, 0.15) is 0 Å². The van der Waals surface area contributed by atoms with Crippen molar-refractivity contribution in [3.05, 3.63) is 279 Å². The number of rotatable bonds is 11. The first kappa shape index (κ1) is 41.7. The molecule has 0 spiro atoms. The van der Waals surface area contributed by atoms with Crippen LogP contribution < -0.4 is 9.80 Å². The van der Waals surface area contributed by atoms with E-state index in [-0.39, 0.29) is 0 Å². The fourth-order valence-corrected chi connectivity index (χ4v) is 10.8. The van der Waals surface area contributed by atoms with Crippen LogP contribution in [0.5, 0.6) is 0 Å². The van der Waals surface area contributed by atoms with Crippen molar-refractivity contribution in [3.63, 3.8) is 0 Å². The lowest BCUT2D eigenvalue weighted by Gasteiger charge is -2.29. The Morgan fingerprint density at radius 2 is 0.609 bits per heavy atom. The highest BCUT2D eigenvalue weighted by Gasteiger charge is 2.20. The molecule has 0 N–H and O–H groups in total. The zero-order valence-corrected chi connectivity index (χ0v) is 38.7. The Bertz CT molecular complexity index is 3590. The summed E-state index contributed by atoms with van der Waals surface area (Å²) in [5.41, 5.74) is 18.3. The van der Waals surface area contributed by atoms with E-state index < -0.39 is 0 Å². The maximum Gasteiger partial charge on any atom is 0.0540 e. The van der Waals surface area contributed by atoms with Crippen molar-refractivity contribution in [3.8, 4) is 55.6 Å². The molecule has 0 aliphatic rings. The molecule has 0 aliphatic heterocycles. The minimum atomic E-state index is 1.07. The lowest BCUT2D eigenvalue weighted by molar-refractivity contribution is 1.27. The predicted molar refractivity (Wildman–Crippen MR) is 296 cm³/mol. The molecule has 0 fully saturated rings. The van der Waals surface area contributed by atoms with Crippen molar-refractivity contribution in [1.82, 2.24) is 0 Å². The van der Waals surface area contributed by atoms with Crippen LogP contribution in [0.3, 0.4) is 0 Å². The lowest BCUT2D eigenvalue weighted by atomic mass is 9.99. The summed E-state index contributed by atoms with van der Waals surface area (Å²) in [5.74, 6) is 0. The standard InChI is InChI=1S/C66H46N2S/c1-4-15-47(16-5-1)50-27-36-56(37-28-50)67(57-38-33-53(34-39-57)54-35-44-63-62-24-11-13-26-65(62)69-66(63)46-54)60-22-14-21-55(45-60)61-23-10-12-25-64(61)68(58-40-29-51(30-41-58)48-17-6-2-7-18-48)59-42-31-52(32-43-59)49-19-8-3-9-20-49/h1-46H. The second-order valence-electron chi connectivity index (χ2n) is 17.3. The topological polar surface area (TPSA) is 6.48 Å². The van der Waals surface area contributed by atoms with Crippen LogP contribution in [0.15, 0.2) is 279 Å². The van der Waals surface area contributed by atoms with Gasteiger partial charge in [-0.05, 0) is 129 Å². The molecule has 12 rings (SSSR count). The van der Waals surface area contributed by atoms with Crippen LogP contribution in [0.1, 0.15) is 0 Å². The molecule has 0 bridgehead atoms. The first-order valence-electron chi connectivity index (χ1n) is 23.5. The van der Waals surface area contributed by atoms with Crippen molar-refractivity contribution in [2.75, 3.05) is 9.80 Å². The van der Waals surface area contributed by atoms with Gasteiger partial charge in [-0.25, -0.2) is 0 Å². The number of anilines is 6. The molecule has 0 atom stereocenters. The molecule has 1 heterocycles. The number of thiophene rings is 1. The maximum absolute atomic E-state index is 2.39. The van der Waals surface area contributed by atoms with Crippen LogP contribution in [0, 0.1) is 0 Å². The van der Waals surface area contributed by atoms with Gasteiger partial charge in [-0.15, -0.1) is 11.3 Å². The van der Waals surface area contributed by atoms with Crippen molar-refractivity contribution >= 4 is 65.6 Å². The lowest BCUT2D eigenvalue weighted by Crippen LogP contribution is -2.12. The minimum absolute atomic E-state index is 1.07. The Morgan fingerprint density at radius 3 is 1.14 bits per heavy atom. The second kappa shape index (κ2) is 18.5.